The summed E-state index contributed by atoms with van der Waals surface area (Å²) in [6.07, 6.45) is 1.26. The van der Waals surface area contributed by atoms with Crippen LogP contribution in [-0.4, -0.2) is 43.0 Å². The van der Waals surface area contributed by atoms with Gasteiger partial charge in [-0.25, -0.2) is 0 Å². The first-order valence-corrected chi connectivity index (χ1v) is 8.46. The van der Waals surface area contributed by atoms with E-state index in [4.69, 9.17) is 4.74 Å². The second-order valence-electron chi connectivity index (χ2n) is 6.35. The van der Waals surface area contributed by atoms with Crippen LogP contribution < -0.4 is 4.74 Å². The van der Waals surface area contributed by atoms with Gasteiger partial charge in [0.1, 0.15) is 12.4 Å². The lowest BCUT2D eigenvalue weighted by molar-refractivity contribution is 0.269. The average molecular weight is 310 g/mol. The van der Waals surface area contributed by atoms with E-state index in [0.717, 1.165) is 25.4 Å². The Kier molecular flexibility index (Phi) is 5.67. The van der Waals surface area contributed by atoms with E-state index in [1.54, 1.807) is 0 Å². The van der Waals surface area contributed by atoms with E-state index >= 15 is 0 Å². The van der Waals surface area contributed by atoms with Crippen LogP contribution in [-0.2, 0) is 13.2 Å². The molecule has 122 valence electrons. The van der Waals surface area contributed by atoms with Crippen LogP contribution in [0.5, 0.6) is 5.75 Å². The fourth-order valence-corrected chi connectivity index (χ4v) is 2.95. The van der Waals surface area contributed by atoms with Gasteiger partial charge in [0.2, 0.25) is 0 Å². The number of benzene rings is 2. The van der Waals surface area contributed by atoms with Gasteiger partial charge in [-0.15, -0.1) is 0 Å². The van der Waals surface area contributed by atoms with Gasteiger partial charge in [-0.3, -0.25) is 4.90 Å². The van der Waals surface area contributed by atoms with Gasteiger partial charge < -0.3 is 9.64 Å². The number of nitrogens with zero attached hydrogens (tertiary/aromatic N) is 2. The Balaban J connectivity index is 1.50. The zero-order chi connectivity index (χ0) is 15.9. The van der Waals surface area contributed by atoms with Crippen LogP contribution in [0, 0.1) is 0 Å². The Labute approximate surface area is 139 Å². The first-order valence-electron chi connectivity index (χ1n) is 8.46. The van der Waals surface area contributed by atoms with Crippen LogP contribution in [0.3, 0.4) is 0 Å². The van der Waals surface area contributed by atoms with E-state index in [2.05, 4.69) is 53.2 Å². The molecule has 1 fully saturated rings. The Bertz CT molecular complexity index is 582. The topological polar surface area (TPSA) is 15.7 Å². The van der Waals surface area contributed by atoms with Crippen LogP contribution in [0.4, 0.5) is 0 Å². The third-order valence-corrected chi connectivity index (χ3v) is 4.39. The van der Waals surface area contributed by atoms with Gasteiger partial charge in [-0.2, -0.15) is 0 Å². The first kappa shape index (κ1) is 16.0. The first-order chi connectivity index (χ1) is 11.3. The van der Waals surface area contributed by atoms with Crippen molar-refractivity contribution in [1.29, 1.82) is 0 Å². The van der Waals surface area contributed by atoms with E-state index in [-0.39, 0.29) is 0 Å². The van der Waals surface area contributed by atoms with Crippen LogP contribution in [0.15, 0.2) is 54.6 Å². The summed E-state index contributed by atoms with van der Waals surface area (Å²) in [5, 5.41) is 0. The maximum atomic E-state index is 5.85. The molecule has 0 bridgehead atoms. The largest absolute Gasteiger partial charge is 0.489 e. The predicted molar refractivity (Wildman–Crippen MR) is 94.6 cm³/mol. The molecule has 2 aromatic rings. The smallest absolute Gasteiger partial charge is 0.119 e. The molecule has 3 heteroatoms. The van der Waals surface area contributed by atoms with E-state index in [9.17, 15) is 0 Å². The van der Waals surface area contributed by atoms with Crippen LogP contribution in [0.25, 0.3) is 0 Å². The molecule has 1 aliphatic rings. The van der Waals surface area contributed by atoms with E-state index in [1.807, 2.05) is 18.2 Å². The number of likely N-dealkylation sites (N-methyl/N-ethyl adjacent to an activating group) is 1. The van der Waals surface area contributed by atoms with Gasteiger partial charge in [-0.05, 0) is 49.8 Å². The molecule has 3 nitrogen and oxygen atoms in total. The van der Waals surface area contributed by atoms with Crippen molar-refractivity contribution in [1.82, 2.24) is 9.80 Å². The van der Waals surface area contributed by atoms with Gasteiger partial charge in [-0.1, -0.05) is 42.5 Å². The summed E-state index contributed by atoms with van der Waals surface area (Å²) in [6.45, 7) is 6.38. The maximum absolute atomic E-state index is 5.85. The Morgan fingerprint density at radius 1 is 0.826 bits per heavy atom. The van der Waals surface area contributed by atoms with Gasteiger partial charge in [0.15, 0.2) is 0 Å². The molecule has 0 amide bonds. The summed E-state index contributed by atoms with van der Waals surface area (Å²) >= 11 is 0. The monoisotopic (exact) mass is 310 g/mol. The van der Waals surface area contributed by atoms with Crippen LogP contribution >= 0.6 is 0 Å². The number of hydrogen-bond acceptors (Lipinski definition) is 3. The van der Waals surface area contributed by atoms with E-state index in [0.29, 0.717) is 6.61 Å². The lowest BCUT2D eigenvalue weighted by Gasteiger charge is -2.20. The highest BCUT2D eigenvalue weighted by atomic mass is 16.5. The molecule has 0 atom stereocenters. The predicted octanol–water partition coefficient (Wildman–Crippen LogP) is 3.40. The summed E-state index contributed by atoms with van der Waals surface area (Å²) in [5.41, 5.74) is 2.56. The molecule has 0 saturated carbocycles. The minimum atomic E-state index is 0.624. The van der Waals surface area contributed by atoms with Crippen molar-refractivity contribution >= 4 is 0 Å². The molecular weight excluding hydrogens is 284 g/mol. The fraction of sp³-hybridized carbons (Fsp3) is 0.400. The summed E-state index contributed by atoms with van der Waals surface area (Å²) in [7, 11) is 2.21. The van der Waals surface area contributed by atoms with Crippen LogP contribution in [0.1, 0.15) is 17.5 Å². The van der Waals surface area contributed by atoms with Crippen molar-refractivity contribution in [2.24, 2.45) is 0 Å². The highest BCUT2D eigenvalue weighted by Gasteiger charge is 2.12. The molecule has 2 aromatic carbocycles. The molecule has 23 heavy (non-hydrogen) atoms. The summed E-state index contributed by atoms with van der Waals surface area (Å²) in [6, 6.07) is 18.8. The second kappa shape index (κ2) is 8.14. The minimum Gasteiger partial charge on any atom is -0.489 e. The molecule has 0 spiro atoms. The number of rotatable bonds is 5. The molecule has 0 radical (unpaired) electrons. The molecule has 1 heterocycles. The summed E-state index contributed by atoms with van der Waals surface area (Å²) in [4.78, 5) is 4.96. The lowest BCUT2D eigenvalue weighted by Crippen LogP contribution is -2.28. The Morgan fingerprint density at radius 2 is 1.61 bits per heavy atom. The number of ether oxygens (including phenoxy) is 1. The molecule has 0 aromatic heterocycles. The molecule has 0 aliphatic carbocycles. The van der Waals surface area contributed by atoms with E-state index in [1.165, 1.54) is 30.6 Å². The summed E-state index contributed by atoms with van der Waals surface area (Å²) < 4.78 is 5.85. The molecule has 1 aliphatic heterocycles. The van der Waals surface area contributed by atoms with Crippen molar-refractivity contribution in [3.63, 3.8) is 0 Å². The zero-order valence-corrected chi connectivity index (χ0v) is 13.9. The third kappa shape index (κ3) is 5.08. The number of hydrogen-bond donors (Lipinski definition) is 0. The van der Waals surface area contributed by atoms with Crippen LogP contribution in [0.2, 0.25) is 0 Å². The Hall–Kier alpha value is -1.84. The highest BCUT2D eigenvalue weighted by Crippen LogP contribution is 2.16. The zero-order valence-electron chi connectivity index (χ0n) is 13.9. The normalized spacial score (nSPS) is 16.9. The van der Waals surface area contributed by atoms with Crippen molar-refractivity contribution in [2.75, 3.05) is 33.2 Å². The van der Waals surface area contributed by atoms with Gasteiger partial charge in [0.25, 0.3) is 0 Å². The molecule has 0 N–H and O–H groups in total. The maximum Gasteiger partial charge on any atom is 0.119 e. The van der Waals surface area contributed by atoms with E-state index < -0.39 is 0 Å². The third-order valence-electron chi connectivity index (χ3n) is 4.39. The second-order valence-corrected chi connectivity index (χ2v) is 6.35. The highest BCUT2D eigenvalue weighted by molar-refractivity contribution is 5.27. The fourth-order valence-electron chi connectivity index (χ4n) is 2.95. The van der Waals surface area contributed by atoms with Gasteiger partial charge in [0.05, 0.1) is 0 Å². The van der Waals surface area contributed by atoms with Crippen molar-refractivity contribution in [3.8, 4) is 5.75 Å². The Morgan fingerprint density at radius 3 is 2.39 bits per heavy atom. The summed E-state index contributed by atoms with van der Waals surface area (Å²) in [5.74, 6) is 0.938. The van der Waals surface area contributed by atoms with Crippen molar-refractivity contribution in [3.05, 3.63) is 65.7 Å². The SMILES string of the molecule is CN1CCCN(Cc2ccc(OCc3ccccc3)cc2)CC1. The van der Waals surface area contributed by atoms with Gasteiger partial charge in [0, 0.05) is 19.6 Å². The van der Waals surface area contributed by atoms with Crippen molar-refractivity contribution in [2.45, 2.75) is 19.6 Å². The van der Waals surface area contributed by atoms with Crippen molar-refractivity contribution < 1.29 is 4.74 Å². The molecule has 3 rings (SSSR count). The molecule has 0 unspecified atom stereocenters. The quantitative estimate of drug-likeness (QED) is 0.842. The van der Waals surface area contributed by atoms with Gasteiger partial charge >= 0.3 is 0 Å². The lowest BCUT2D eigenvalue weighted by atomic mass is 10.2. The standard InChI is InChI=1S/C20H26N2O/c1-21-12-5-13-22(15-14-21)16-18-8-10-20(11-9-18)23-17-19-6-3-2-4-7-19/h2-4,6-11H,5,12-17H2,1H3. The molecular formula is C20H26N2O. The average Bonchev–Trinajstić information content (AvgIpc) is 2.80. The molecule has 1 saturated heterocycles. The minimum absolute atomic E-state index is 0.624.